The lowest BCUT2D eigenvalue weighted by molar-refractivity contribution is -0.118. The molecular formula is C28H25BrFIN4O4. The van der Waals surface area contributed by atoms with Crippen LogP contribution in [0.1, 0.15) is 37.6 Å². The Morgan fingerprint density at radius 3 is 2.67 bits per heavy atom. The van der Waals surface area contributed by atoms with E-state index >= 15 is 0 Å². The van der Waals surface area contributed by atoms with E-state index < -0.39 is 11.7 Å². The minimum absolute atomic E-state index is 0.00870. The molecule has 0 radical (unpaired) electrons. The van der Waals surface area contributed by atoms with E-state index in [9.17, 15) is 14.0 Å². The van der Waals surface area contributed by atoms with Crippen molar-refractivity contribution in [2.75, 3.05) is 19.0 Å². The number of aromatic nitrogens is 2. The van der Waals surface area contributed by atoms with Gasteiger partial charge in [-0.25, -0.2) is 9.37 Å². The van der Waals surface area contributed by atoms with Crippen LogP contribution in [0.2, 0.25) is 0 Å². The summed E-state index contributed by atoms with van der Waals surface area (Å²) in [5, 5.41) is 7.62. The van der Waals surface area contributed by atoms with E-state index in [-0.39, 0.29) is 18.1 Å². The number of nitrogens with zero attached hydrogens (tertiary/aromatic N) is 3. The molecule has 0 saturated carbocycles. The van der Waals surface area contributed by atoms with Gasteiger partial charge >= 0.3 is 0 Å². The number of benzene rings is 3. The number of nitrogens with one attached hydrogen (secondary N) is 1. The Bertz CT molecular complexity index is 1610. The number of carbonyl (C=O) groups excluding carboxylic acids is 1. The maximum Gasteiger partial charge on any atom is 0.282 e. The molecule has 0 fully saturated rings. The standard InChI is InChI=1S/C28H25BrFIN4O4/c1-4-16(2)27-34-23-10-5-18(29)13-21(23)28(37)35(27)32-14-17-11-22(31)26(24(12-17)38-3)39-15-25(36)33-20-8-6-19(30)7-9-20/h5-14,16H,4,15H2,1-3H3,(H,33,36)/t16-/m0/s1. The van der Waals surface area contributed by atoms with Gasteiger partial charge in [-0.1, -0.05) is 29.8 Å². The minimum atomic E-state index is -0.405. The molecule has 4 rings (SSSR count). The second-order valence-corrected chi connectivity index (χ2v) is 10.8. The zero-order chi connectivity index (χ0) is 28.1. The minimum Gasteiger partial charge on any atom is -0.493 e. The van der Waals surface area contributed by atoms with Gasteiger partial charge in [0.2, 0.25) is 0 Å². The van der Waals surface area contributed by atoms with E-state index in [1.54, 1.807) is 24.4 Å². The van der Waals surface area contributed by atoms with Crippen molar-refractivity contribution in [1.82, 2.24) is 9.66 Å². The summed E-state index contributed by atoms with van der Waals surface area (Å²) in [4.78, 5) is 30.4. The Balaban J connectivity index is 1.60. The number of rotatable bonds is 9. The molecule has 202 valence electrons. The highest BCUT2D eigenvalue weighted by Gasteiger charge is 2.17. The average molecular weight is 707 g/mol. The third-order valence-corrected chi connectivity index (χ3v) is 7.23. The Labute approximate surface area is 246 Å². The van der Waals surface area contributed by atoms with Crippen LogP contribution in [0.4, 0.5) is 10.1 Å². The van der Waals surface area contributed by atoms with Crippen molar-refractivity contribution in [3.05, 3.63) is 90.2 Å². The second kappa shape index (κ2) is 12.7. The summed E-state index contributed by atoms with van der Waals surface area (Å²) in [5.41, 5.74) is 1.48. The summed E-state index contributed by atoms with van der Waals surface area (Å²) in [6, 6.07) is 14.4. The molecule has 11 heteroatoms. The number of carbonyl (C=O) groups is 1. The van der Waals surface area contributed by atoms with Gasteiger partial charge in [0.05, 0.1) is 27.8 Å². The number of methoxy groups -OCH3 is 1. The normalized spacial score (nSPS) is 12.1. The van der Waals surface area contributed by atoms with Gasteiger partial charge in [-0.15, -0.1) is 0 Å². The van der Waals surface area contributed by atoms with Crippen molar-refractivity contribution in [1.29, 1.82) is 0 Å². The van der Waals surface area contributed by atoms with Gasteiger partial charge in [0.15, 0.2) is 18.1 Å². The predicted molar refractivity (Wildman–Crippen MR) is 162 cm³/mol. The van der Waals surface area contributed by atoms with Crippen molar-refractivity contribution in [3.8, 4) is 11.5 Å². The Hall–Kier alpha value is -3.32. The highest BCUT2D eigenvalue weighted by atomic mass is 127. The largest absolute Gasteiger partial charge is 0.493 e. The predicted octanol–water partition coefficient (Wildman–Crippen LogP) is 6.32. The molecule has 1 N–H and O–H groups in total. The summed E-state index contributed by atoms with van der Waals surface area (Å²) in [6.07, 6.45) is 2.35. The van der Waals surface area contributed by atoms with Gasteiger partial charge in [-0.2, -0.15) is 9.78 Å². The Kier molecular flexibility index (Phi) is 9.33. The van der Waals surface area contributed by atoms with Crippen molar-refractivity contribution < 1.29 is 18.7 Å². The zero-order valence-corrected chi connectivity index (χ0v) is 25.1. The van der Waals surface area contributed by atoms with Crippen LogP contribution in [0.3, 0.4) is 0 Å². The van der Waals surface area contributed by atoms with Gasteiger partial charge < -0.3 is 14.8 Å². The Morgan fingerprint density at radius 2 is 1.97 bits per heavy atom. The smallest absolute Gasteiger partial charge is 0.282 e. The molecule has 0 unspecified atom stereocenters. The summed E-state index contributed by atoms with van der Waals surface area (Å²) in [7, 11) is 1.49. The average Bonchev–Trinajstić information content (AvgIpc) is 2.92. The van der Waals surface area contributed by atoms with Crippen LogP contribution in [-0.4, -0.2) is 35.5 Å². The van der Waals surface area contributed by atoms with Gasteiger partial charge in [0.25, 0.3) is 11.5 Å². The molecule has 0 bridgehead atoms. The fraction of sp³-hybridized carbons (Fsp3) is 0.214. The van der Waals surface area contributed by atoms with Crippen LogP contribution in [0.5, 0.6) is 11.5 Å². The topological polar surface area (TPSA) is 94.8 Å². The molecule has 0 aliphatic rings. The fourth-order valence-electron chi connectivity index (χ4n) is 3.73. The number of amides is 1. The van der Waals surface area contributed by atoms with E-state index in [0.717, 1.165) is 10.9 Å². The molecule has 1 aromatic heterocycles. The number of hydrogen-bond donors (Lipinski definition) is 1. The maximum atomic E-state index is 13.4. The van der Waals surface area contributed by atoms with Crippen molar-refractivity contribution in [2.24, 2.45) is 5.10 Å². The van der Waals surface area contributed by atoms with Gasteiger partial charge in [0, 0.05) is 16.1 Å². The zero-order valence-electron chi connectivity index (χ0n) is 21.4. The van der Waals surface area contributed by atoms with Crippen LogP contribution < -0.4 is 20.3 Å². The quantitative estimate of drug-likeness (QED) is 0.162. The van der Waals surface area contributed by atoms with Crippen molar-refractivity contribution in [2.45, 2.75) is 26.2 Å². The van der Waals surface area contributed by atoms with E-state index in [4.69, 9.17) is 14.5 Å². The molecule has 1 atom stereocenters. The SMILES string of the molecule is CC[C@H](C)c1nc2ccc(Br)cc2c(=O)n1N=Cc1cc(I)c(OCC(=O)Nc2ccc(F)cc2)c(OC)c1. The first-order chi connectivity index (χ1) is 18.7. The van der Waals surface area contributed by atoms with Crippen LogP contribution in [0.25, 0.3) is 10.9 Å². The van der Waals surface area contributed by atoms with Crippen LogP contribution in [0, 0.1) is 9.39 Å². The molecule has 0 aliphatic heterocycles. The lowest BCUT2D eigenvalue weighted by Crippen LogP contribution is -2.23. The lowest BCUT2D eigenvalue weighted by atomic mass is 10.1. The maximum absolute atomic E-state index is 13.4. The van der Waals surface area contributed by atoms with Gasteiger partial charge in [-0.05, 0) is 89.2 Å². The summed E-state index contributed by atoms with van der Waals surface area (Å²) >= 11 is 5.50. The molecule has 0 aliphatic carbocycles. The number of anilines is 1. The molecule has 0 spiro atoms. The van der Waals surface area contributed by atoms with Crippen LogP contribution in [-0.2, 0) is 4.79 Å². The van der Waals surface area contributed by atoms with Crippen molar-refractivity contribution >= 4 is 67.2 Å². The molecule has 39 heavy (non-hydrogen) atoms. The summed E-state index contributed by atoms with van der Waals surface area (Å²) in [6.45, 7) is 3.76. The number of halogens is 3. The van der Waals surface area contributed by atoms with Gasteiger partial charge in [-0.3, -0.25) is 9.59 Å². The second-order valence-electron chi connectivity index (χ2n) is 8.68. The molecular weight excluding hydrogens is 682 g/mol. The Morgan fingerprint density at radius 1 is 1.23 bits per heavy atom. The third-order valence-electron chi connectivity index (χ3n) is 5.94. The number of hydrogen-bond acceptors (Lipinski definition) is 6. The number of fused-ring (bicyclic) bond motifs is 1. The highest BCUT2D eigenvalue weighted by Crippen LogP contribution is 2.33. The lowest BCUT2D eigenvalue weighted by Gasteiger charge is -2.15. The first kappa shape index (κ1) is 28.7. The van der Waals surface area contributed by atoms with Gasteiger partial charge in [0.1, 0.15) is 11.6 Å². The molecule has 3 aromatic carbocycles. The van der Waals surface area contributed by atoms with E-state index in [1.165, 1.54) is 36.1 Å². The molecule has 1 heterocycles. The summed E-state index contributed by atoms with van der Waals surface area (Å²) < 4.78 is 27.1. The fourth-order valence-corrected chi connectivity index (χ4v) is 4.87. The number of ether oxygens (including phenoxy) is 2. The van der Waals surface area contributed by atoms with Crippen molar-refractivity contribution in [3.63, 3.8) is 0 Å². The molecule has 4 aromatic rings. The molecule has 8 nitrogen and oxygen atoms in total. The summed E-state index contributed by atoms with van der Waals surface area (Å²) in [5.74, 6) is 0.569. The van der Waals surface area contributed by atoms with Crippen LogP contribution in [0.15, 0.2) is 69.0 Å². The molecule has 0 saturated heterocycles. The van der Waals surface area contributed by atoms with Crippen LogP contribution >= 0.6 is 38.5 Å². The van der Waals surface area contributed by atoms with E-state index in [0.29, 0.717) is 43.0 Å². The van der Waals surface area contributed by atoms with E-state index in [1.807, 2.05) is 26.0 Å². The highest BCUT2D eigenvalue weighted by molar-refractivity contribution is 14.1. The molecule has 1 amide bonds. The first-order valence-corrected chi connectivity index (χ1v) is 13.9. The monoisotopic (exact) mass is 706 g/mol. The van der Waals surface area contributed by atoms with E-state index in [2.05, 4.69) is 48.9 Å². The third kappa shape index (κ3) is 6.82. The first-order valence-electron chi connectivity index (χ1n) is 12.0.